The van der Waals surface area contributed by atoms with Crippen molar-refractivity contribution in [3.63, 3.8) is 0 Å². The molecule has 152 valence electrons. The van der Waals surface area contributed by atoms with Gasteiger partial charge in [0.2, 0.25) is 8.32 Å². The molecule has 0 amide bonds. The highest BCUT2D eigenvalue weighted by Gasteiger charge is 2.48. The molecular formula is C23H30O3Si3. The summed E-state index contributed by atoms with van der Waals surface area (Å²) in [5, 5.41) is 3.50. The Hall–Kier alpha value is -1.81. The number of rotatable bonds is 8. The standard InChI is InChI=1S/C23H30O3Si3/c1-24-28(4,22-17-11-7-12-18-22)26-29(5,23-19-13-8-14-20-23)25-27(2,3)21-15-9-6-10-16-21/h6-20H,1-5H3. The van der Waals surface area contributed by atoms with Gasteiger partial charge >= 0.3 is 17.1 Å². The van der Waals surface area contributed by atoms with Crippen molar-refractivity contribution in [2.45, 2.75) is 26.2 Å². The summed E-state index contributed by atoms with van der Waals surface area (Å²) in [5.74, 6) is 0. The molecule has 0 aromatic heterocycles. The second kappa shape index (κ2) is 8.91. The molecular weight excluding hydrogens is 409 g/mol. The van der Waals surface area contributed by atoms with Crippen LogP contribution in [0.3, 0.4) is 0 Å². The van der Waals surface area contributed by atoms with Gasteiger partial charge in [-0.1, -0.05) is 91.0 Å². The largest absolute Gasteiger partial charge is 0.429 e. The van der Waals surface area contributed by atoms with E-state index >= 15 is 0 Å². The van der Waals surface area contributed by atoms with Crippen LogP contribution in [0.15, 0.2) is 91.0 Å². The second-order valence-corrected chi connectivity index (χ2v) is 18.5. The monoisotopic (exact) mass is 438 g/mol. The second-order valence-electron chi connectivity index (χ2n) is 7.91. The van der Waals surface area contributed by atoms with Gasteiger partial charge in [-0.25, -0.2) is 0 Å². The lowest BCUT2D eigenvalue weighted by Crippen LogP contribution is -2.67. The fourth-order valence-electron chi connectivity index (χ4n) is 3.60. The summed E-state index contributed by atoms with van der Waals surface area (Å²) in [7, 11) is -5.90. The molecule has 0 N–H and O–H groups in total. The highest BCUT2D eigenvalue weighted by Crippen LogP contribution is 2.22. The Balaban J connectivity index is 2.03. The molecule has 0 spiro atoms. The molecule has 0 fully saturated rings. The summed E-state index contributed by atoms with van der Waals surface area (Å²) in [6.07, 6.45) is 0. The van der Waals surface area contributed by atoms with Crippen LogP contribution in [0.4, 0.5) is 0 Å². The molecule has 3 aromatic carbocycles. The zero-order valence-electron chi connectivity index (χ0n) is 17.9. The van der Waals surface area contributed by atoms with Crippen LogP contribution in [0.1, 0.15) is 0 Å². The third-order valence-electron chi connectivity index (χ3n) is 5.29. The summed E-state index contributed by atoms with van der Waals surface area (Å²) in [6, 6.07) is 31.2. The van der Waals surface area contributed by atoms with E-state index in [2.05, 4.69) is 86.9 Å². The Bertz CT molecular complexity index is 906. The van der Waals surface area contributed by atoms with E-state index in [4.69, 9.17) is 12.7 Å². The minimum absolute atomic E-state index is 1.11. The van der Waals surface area contributed by atoms with Gasteiger partial charge in [0, 0.05) is 7.11 Å². The van der Waals surface area contributed by atoms with Crippen molar-refractivity contribution < 1.29 is 12.7 Å². The Kier molecular flexibility index (Phi) is 6.72. The van der Waals surface area contributed by atoms with Gasteiger partial charge in [0.25, 0.3) is 0 Å². The van der Waals surface area contributed by atoms with Crippen LogP contribution in [-0.2, 0) is 12.7 Å². The van der Waals surface area contributed by atoms with E-state index < -0.39 is 25.4 Å². The van der Waals surface area contributed by atoms with Crippen molar-refractivity contribution in [1.82, 2.24) is 0 Å². The summed E-state index contributed by atoms with van der Waals surface area (Å²) < 4.78 is 20.0. The van der Waals surface area contributed by atoms with Crippen molar-refractivity contribution in [3.05, 3.63) is 91.0 Å². The Morgan fingerprint density at radius 3 is 1.28 bits per heavy atom. The third-order valence-corrected chi connectivity index (χ3v) is 17.3. The lowest BCUT2D eigenvalue weighted by molar-refractivity contribution is 0.291. The van der Waals surface area contributed by atoms with Crippen molar-refractivity contribution in [2.24, 2.45) is 0 Å². The fraction of sp³-hybridized carbons (Fsp3) is 0.217. The maximum atomic E-state index is 7.03. The molecule has 2 atom stereocenters. The quantitative estimate of drug-likeness (QED) is 0.502. The van der Waals surface area contributed by atoms with Crippen molar-refractivity contribution in [3.8, 4) is 0 Å². The van der Waals surface area contributed by atoms with Gasteiger partial charge in [-0.3, -0.25) is 0 Å². The first kappa shape index (κ1) is 21.9. The molecule has 2 unspecified atom stereocenters. The maximum absolute atomic E-state index is 7.03. The molecule has 0 bridgehead atoms. The zero-order valence-corrected chi connectivity index (χ0v) is 20.9. The Morgan fingerprint density at radius 1 is 0.483 bits per heavy atom. The predicted molar refractivity (Wildman–Crippen MR) is 128 cm³/mol. The SMILES string of the molecule is CO[Si](C)(O[Si](C)(O[Si](C)(C)c1ccccc1)c1ccccc1)c1ccccc1. The highest BCUT2D eigenvalue weighted by atomic mass is 28.5. The van der Waals surface area contributed by atoms with Crippen LogP contribution in [0.25, 0.3) is 0 Å². The summed E-state index contributed by atoms with van der Waals surface area (Å²) in [4.78, 5) is 0. The zero-order chi connectivity index (χ0) is 21.0. The van der Waals surface area contributed by atoms with Gasteiger partial charge in [-0.05, 0) is 41.7 Å². The first-order chi connectivity index (χ1) is 13.8. The van der Waals surface area contributed by atoms with Crippen LogP contribution in [0.5, 0.6) is 0 Å². The number of benzene rings is 3. The van der Waals surface area contributed by atoms with Crippen molar-refractivity contribution >= 4 is 41.0 Å². The van der Waals surface area contributed by atoms with Gasteiger partial charge in [0.1, 0.15) is 0 Å². The van der Waals surface area contributed by atoms with Gasteiger partial charge in [0.05, 0.1) is 0 Å². The average Bonchev–Trinajstić information content (AvgIpc) is 2.75. The molecule has 3 aromatic rings. The molecule has 29 heavy (non-hydrogen) atoms. The van der Waals surface area contributed by atoms with E-state index in [1.807, 2.05) is 30.3 Å². The van der Waals surface area contributed by atoms with Crippen molar-refractivity contribution in [1.29, 1.82) is 0 Å². The average molecular weight is 439 g/mol. The predicted octanol–water partition coefficient (Wildman–Crippen LogP) is 3.74. The molecule has 0 heterocycles. The van der Waals surface area contributed by atoms with E-state index in [0.717, 1.165) is 10.4 Å². The van der Waals surface area contributed by atoms with E-state index in [1.165, 1.54) is 5.19 Å². The molecule has 0 aliphatic rings. The van der Waals surface area contributed by atoms with E-state index in [-0.39, 0.29) is 0 Å². The fourth-order valence-corrected chi connectivity index (χ4v) is 16.1. The highest BCUT2D eigenvalue weighted by molar-refractivity contribution is 6.99. The maximum Gasteiger partial charge on any atom is 0.360 e. The van der Waals surface area contributed by atoms with Gasteiger partial charge in [-0.2, -0.15) is 0 Å². The molecule has 0 saturated heterocycles. The first-order valence-corrected chi connectivity index (χ1v) is 17.5. The molecule has 3 nitrogen and oxygen atoms in total. The van der Waals surface area contributed by atoms with Crippen LogP contribution in [0, 0.1) is 0 Å². The summed E-state index contributed by atoms with van der Waals surface area (Å²) in [6.45, 7) is 8.76. The van der Waals surface area contributed by atoms with Crippen LogP contribution < -0.4 is 15.6 Å². The van der Waals surface area contributed by atoms with Gasteiger partial charge < -0.3 is 12.7 Å². The lowest BCUT2D eigenvalue weighted by atomic mass is 10.4. The van der Waals surface area contributed by atoms with Crippen LogP contribution in [0.2, 0.25) is 26.2 Å². The molecule has 3 rings (SSSR count). The van der Waals surface area contributed by atoms with E-state index in [1.54, 1.807) is 7.11 Å². The first-order valence-electron chi connectivity index (χ1n) is 9.91. The molecule has 6 heteroatoms. The molecule has 0 saturated carbocycles. The summed E-state index contributed by atoms with van der Waals surface area (Å²) >= 11 is 0. The third kappa shape index (κ3) is 5.03. The van der Waals surface area contributed by atoms with Crippen molar-refractivity contribution in [2.75, 3.05) is 7.11 Å². The Morgan fingerprint density at radius 2 is 0.862 bits per heavy atom. The number of hydrogen-bond donors (Lipinski definition) is 0. The normalized spacial score (nSPS) is 16.0. The molecule has 0 aliphatic carbocycles. The minimum Gasteiger partial charge on any atom is -0.429 e. The van der Waals surface area contributed by atoms with Gasteiger partial charge in [-0.15, -0.1) is 0 Å². The molecule has 0 aliphatic heterocycles. The number of hydrogen-bond acceptors (Lipinski definition) is 3. The van der Waals surface area contributed by atoms with E-state index in [9.17, 15) is 0 Å². The topological polar surface area (TPSA) is 27.7 Å². The van der Waals surface area contributed by atoms with Crippen LogP contribution in [-0.4, -0.2) is 32.5 Å². The minimum atomic E-state index is -2.78. The lowest BCUT2D eigenvalue weighted by Gasteiger charge is -2.41. The summed E-state index contributed by atoms with van der Waals surface area (Å²) in [5.41, 5.74) is 0. The van der Waals surface area contributed by atoms with Gasteiger partial charge in [0.15, 0.2) is 0 Å². The Labute approximate surface area is 177 Å². The molecule has 0 radical (unpaired) electrons. The van der Waals surface area contributed by atoms with E-state index in [0.29, 0.717) is 0 Å². The smallest absolute Gasteiger partial charge is 0.360 e. The van der Waals surface area contributed by atoms with Crippen LogP contribution >= 0.6 is 0 Å².